The van der Waals surface area contributed by atoms with Gasteiger partial charge in [-0.2, -0.15) is 0 Å². The van der Waals surface area contributed by atoms with Crippen LogP contribution in [0.1, 0.15) is 33.6 Å². The Kier molecular flexibility index (Phi) is 6.63. The average Bonchev–Trinajstić information content (AvgIpc) is 2.27. The van der Waals surface area contributed by atoms with Crippen LogP contribution >= 0.6 is 12.4 Å². The normalized spacial score (nSPS) is 20.0. The maximum Gasteiger partial charge on any atom is 0.229 e. The lowest BCUT2D eigenvalue weighted by Gasteiger charge is -2.37. The molecule has 1 rings (SSSR count). The second-order valence-electron chi connectivity index (χ2n) is 5.38. The predicted molar refractivity (Wildman–Crippen MR) is 73.5 cm³/mol. The highest BCUT2D eigenvalue weighted by Gasteiger charge is 2.33. The summed E-state index contributed by atoms with van der Waals surface area (Å²) < 4.78 is 0. The van der Waals surface area contributed by atoms with Gasteiger partial charge in [-0.25, -0.2) is 0 Å². The molecule has 6 heteroatoms. The van der Waals surface area contributed by atoms with Gasteiger partial charge in [-0.3, -0.25) is 9.59 Å². The molecule has 106 valence electrons. The third kappa shape index (κ3) is 4.46. The Labute approximate surface area is 115 Å². The maximum atomic E-state index is 12.2. The zero-order valence-corrected chi connectivity index (χ0v) is 12.2. The van der Waals surface area contributed by atoms with Crippen molar-refractivity contribution in [1.29, 1.82) is 0 Å². The van der Waals surface area contributed by atoms with E-state index in [2.05, 4.69) is 5.32 Å². The first kappa shape index (κ1) is 17.2. The number of piperidine rings is 1. The Hall–Kier alpha value is -0.810. The molecule has 0 radical (unpaired) electrons. The van der Waals surface area contributed by atoms with Crippen LogP contribution < -0.4 is 11.1 Å². The Morgan fingerprint density at radius 3 is 2.56 bits per heavy atom. The number of rotatable bonds is 3. The van der Waals surface area contributed by atoms with E-state index in [1.807, 2.05) is 18.7 Å². The van der Waals surface area contributed by atoms with E-state index in [-0.39, 0.29) is 30.3 Å². The van der Waals surface area contributed by atoms with Gasteiger partial charge in [0.15, 0.2) is 0 Å². The maximum absolute atomic E-state index is 12.2. The molecule has 0 spiro atoms. The third-order valence-corrected chi connectivity index (χ3v) is 3.21. The molecule has 18 heavy (non-hydrogen) atoms. The number of hydrogen-bond acceptors (Lipinski definition) is 3. The van der Waals surface area contributed by atoms with Gasteiger partial charge < -0.3 is 16.0 Å². The highest BCUT2D eigenvalue weighted by atomic mass is 35.5. The van der Waals surface area contributed by atoms with Crippen LogP contribution in [0.2, 0.25) is 0 Å². The minimum atomic E-state index is -0.516. The lowest BCUT2D eigenvalue weighted by molar-refractivity contribution is -0.141. The van der Waals surface area contributed by atoms with Crippen molar-refractivity contribution in [3.05, 3.63) is 0 Å². The standard InChI is InChI=1S/C12H23N3O2.ClH/c1-9(16)14-10-5-4-6-15(7-10)11(17)12(2,3)8-13;/h10H,4-8,13H2,1-3H3,(H,14,16);1H. The van der Waals surface area contributed by atoms with Crippen LogP contribution in [-0.4, -0.2) is 42.4 Å². The third-order valence-electron chi connectivity index (χ3n) is 3.21. The highest BCUT2D eigenvalue weighted by molar-refractivity contribution is 5.85. The summed E-state index contributed by atoms with van der Waals surface area (Å²) in [5.41, 5.74) is 5.10. The summed E-state index contributed by atoms with van der Waals surface area (Å²) in [6.07, 6.45) is 1.86. The minimum absolute atomic E-state index is 0. The van der Waals surface area contributed by atoms with Crippen molar-refractivity contribution in [3.8, 4) is 0 Å². The molecule has 1 aliphatic heterocycles. The fourth-order valence-electron chi connectivity index (χ4n) is 2.08. The Morgan fingerprint density at radius 2 is 2.06 bits per heavy atom. The predicted octanol–water partition coefficient (Wildman–Crippen LogP) is 0.520. The zero-order chi connectivity index (χ0) is 13.1. The zero-order valence-electron chi connectivity index (χ0n) is 11.4. The molecular weight excluding hydrogens is 254 g/mol. The molecule has 2 amide bonds. The van der Waals surface area contributed by atoms with Crippen LogP contribution in [0.15, 0.2) is 0 Å². The van der Waals surface area contributed by atoms with E-state index in [1.165, 1.54) is 6.92 Å². The number of halogens is 1. The summed E-state index contributed by atoms with van der Waals surface area (Å²) in [6.45, 7) is 6.92. The average molecular weight is 278 g/mol. The van der Waals surface area contributed by atoms with Crippen LogP contribution in [-0.2, 0) is 9.59 Å². The van der Waals surface area contributed by atoms with Crippen LogP contribution in [0.25, 0.3) is 0 Å². The molecule has 0 aromatic heterocycles. The second kappa shape index (κ2) is 6.95. The first-order valence-electron chi connectivity index (χ1n) is 6.13. The number of carbonyl (C=O) groups is 2. The molecule has 1 atom stereocenters. The molecule has 3 N–H and O–H groups in total. The fraction of sp³-hybridized carbons (Fsp3) is 0.833. The monoisotopic (exact) mass is 277 g/mol. The van der Waals surface area contributed by atoms with Crippen molar-refractivity contribution in [1.82, 2.24) is 10.2 Å². The van der Waals surface area contributed by atoms with Gasteiger partial charge in [0.1, 0.15) is 0 Å². The van der Waals surface area contributed by atoms with Gasteiger partial charge in [0.25, 0.3) is 0 Å². The van der Waals surface area contributed by atoms with E-state index in [0.717, 1.165) is 19.4 Å². The van der Waals surface area contributed by atoms with Crippen LogP contribution in [0.5, 0.6) is 0 Å². The number of amides is 2. The molecule has 0 saturated carbocycles. The number of nitrogens with zero attached hydrogens (tertiary/aromatic N) is 1. The first-order valence-corrected chi connectivity index (χ1v) is 6.13. The highest BCUT2D eigenvalue weighted by Crippen LogP contribution is 2.20. The van der Waals surface area contributed by atoms with Crippen molar-refractivity contribution >= 4 is 24.2 Å². The van der Waals surface area contributed by atoms with Gasteiger partial charge >= 0.3 is 0 Å². The summed E-state index contributed by atoms with van der Waals surface area (Å²) in [5.74, 6) is 0.0393. The van der Waals surface area contributed by atoms with E-state index < -0.39 is 5.41 Å². The van der Waals surface area contributed by atoms with Gasteiger partial charge in [-0.1, -0.05) is 0 Å². The number of hydrogen-bond donors (Lipinski definition) is 2. The fourth-order valence-corrected chi connectivity index (χ4v) is 2.08. The van der Waals surface area contributed by atoms with Gasteiger partial charge in [-0.05, 0) is 26.7 Å². The van der Waals surface area contributed by atoms with Crippen molar-refractivity contribution in [2.75, 3.05) is 19.6 Å². The molecule has 1 saturated heterocycles. The van der Waals surface area contributed by atoms with Gasteiger partial charge in [0.05, 0.1) is 5.41 Å². The SMILES string of the molecule is CC(=O)NC1CCCN(C(=O)C(C)(C)CN)C1.Cl. The van der Waals surface area contributed by atoms with Crippen LogP contribution in [0, 0.1) is 5.41 Å². The molecule has 0 aliphatic carbocycles. The molecule has 0 aromatic carbocycles. The largest absolute Gasteiger partial charge is 0.352 e. The Morgan fingerprint density at radius 1 is 1.44 bits per heavy atom. The van der Waals surface area contributed by atoms with E-state index in [0.29, 0.717) is 13.1 Å². The second-order valence-corrected chi connectivity index (χ2v) is 5.38. The molecule has 1 aliphatic rings. The van der Waals surface area contributed by atoms with Gasteiger partial charge in [0, 0.05) is 32.6 Å². The first-order chi connectivity index (χ1) is 7.86. The molecule has 1 heterocycles. The quantitative estimate of drug-likeness (QED) is 0.790. The topological polar surface area (TPSA) is 75.4 Å². The van der Waals surface area contributed by atoms with E-state index in [4.69, 9.17) is 5.73 Å². The number of nitrogens with one attached hydrogen (secondary N) is 1. The van der Waals surface area contributed by atoms with Gasteiger partial charge in [0.2, 0.25) is 11.8 Å². The molecule has 5 nitrogen and oxygen atoms in total. The number of carbonyl (C=O) groups excluding carboxylic acids is 2. The summed E-state index contributed by atoms with van der Waals surface area (Å²) in [7, 11) is 0. The van der Waals surface area contributed by atoms with Gasteiger partial charge in [-0.15, -0.1) is 12.4 Å². The van der Waals surface area contributed by atoms with Crippen molar-refractivity contribution in [2.24, 2.45) is 11.1 Å². The number of nitrogens with two attached hydrogens (primary N) is 1. The van der Waals surface area contributed by atoms with Crippen molar-refractivity contribution < 1.29 is 9.59 Å². The minimum Gasteiger partial charge on any atom is -0.352 e. The molecule has 1 unspecified atom stereocenters. The van der Waals surface area contributed by atoms with Crippen LogP contribution in [0.4, 0.5) is 0 Å². The smallest absolute Gasteiger partial charge is 0.229 e. The Balaban J connectivity index is 0.00000289. The lowest BCUT2D eigenvalue weighted by atomic mass is 9.90. The summed E-state index contributed by atoms with van der Waals surface area (Å²) in [4.78, 5) is 25.0. The molecule has 0 aromatic rings. The van der Waals surface area contributed by atoms with Crippen LogP contribution in [0.3, 0.4) is 0 Å². The molecule has 0 bridgehead atoms. The van der Waals surface area contributed by atoms with E-state index in [9.17, 15) is 9.59 Å². The van der Waals surface area contributed by atoms with Crippen molar-refractivity contribution in [2.45, 2.75) is 39.7 Å². The molecular formula is C12H24ClN3O2. The lowest BCUT2D eigenvalue weighted by Crippen LogP contribution is -2.53. The van der Waals surface area contributed by atoms with E-state index >= 15 is 0 Å². The summed E-state index contributed by atoms with van der Waals surface area (Å²) in [5, 5.41) is 2.87. The van der Waals surface area contributed by atoms with Crippen molar-refractivity contribution in [3.63, 3.8) is 0 Å². The summed E-state index contributed by atoms with van der Waals surface area (Å²) >= 11 is 0. The molecule has 1 fully saturated rings. The van der Waals surface area contributed by atoms with E-state index in [1.54, 1.807) is 0 Å². The summed E-state index contributed by atoms with van der Waals surface area (Å²) in [6, 6.07) is 0.0822. The number of likely N-dealkylation sites (tertiary alicyclic amines) is 1. The Bertz CT molecular complexity index is 308.